The summed E-state index contributed by atoms with van der Waals surface area (Å²) < 4.78 is 22.0. The van der Waals surface area contributed by atoms with Crippen molar-refractivity contribution in [3.05, 3.63) is 53.6 Å². The molecular formula is C27H34N2O7. The van der Waals surface area contributed by atoms with Crippen LogP contribution < -0.4 is 19.5 Å². The Labute approximate surface area is 211 Å². The molecule has 1 heterocycles. The van der Waals surface area contributed by atoms with Crippen molar-refractivity contribution < 1.29 is 33.3 Å². The number of carbonyl (C=O) groups is 3. The van der Waals surface area contributed by atoms with Gasteiger partial charge in [-0.25, -0.2) is 4.79 Å². The molecule has 1 aliphatic heterocycles. The van der Waals surface area contributed by atoms with Gasteiger partial charge < -0.3 is 29.2 Å². The number of aryl methyl sites for hydroxylation is 1. The van der Waals surface area contributed by atoms with Crippen LogP contribution in [0, 0.1) is 6.92 Å². The van der Waals surface area contributed by atoms with Crippen molar-refractivity contribution in [3.8, 4) is 17.2 Å². The van der Waals surface area contributed by atoms with E-state index in [2.05, 4.69) is 5.32 Å². The Hall–Kier alpha value is -3.75. The number of piperidine rings is 1. The number of nitrogens with zero attached hydrogens (tertiary/aromatic N) is 1. The predicted molar refractivity (Wildman–Crippen MR) is 134 cm³/mol. The van der Waals surface area contributed by atoms with Crippen LogP contribution in [0.5, 0.6) is 17.2 Å². The monoisotopic (exact) mass is 498 g/mol. The number of esters is 1. The number of carbonyl (C=O) groups excluding carboxylic acids is 3. The van der Waals surface area contributed by atoms with Crippen molar-refractivity contribution in [2.24, 2.45) is 0 Å². The Kier molecular flexibility index (Phi) is 10.4. The number of hydrogen-bond donors (Lipinski definition) is 1. The predicted octanol–water partition coefficient (Wildman–Crippen LogP) is 3.14. The van der Waals surface area contributed by atoms with E-state index in [1.165, 1.54) is 12.1 Å². The van der Waals surface area contributed by atoms with E-state index in [0.29, 0.717) is 24.7 Å². The van der Waals surface area contributed by atoms with Crippen LogP contribution in [0.3, 0.4) is 0 Å². The smallest absolute Gasteiger partial charge is 0.338 e. The Morgan fingerprint density at radius 3 is 2.47 bits per heavy atom. The first-order chi connectivity index (χ1) is 17.5. The van der Waals surface area contributed by atoms with E-state index in [1.807, 2.05) is 31.2 Å². The second kappa shape index (κ2) is 14.0. The van der Waals surface area contributed by atoms with Crippen molar-refractivity contribution in [1.29, 1.82) is 0 Å². The Morgan fingerprint density at radius 2 is 1.72 bits per heavy atom. The maximum absolute atomic E-state index is 12.5. The van der Waals surface area contributed by atoms with Crippen LogP contribution in [-0.2, 0) is 14.3 Å². The molecule has 3 rings (SSSR count). The van der Waals surface area contributed by atoms with Crippen LogP contribution in [0.25, 0.3) is 0 Å². The summed E-state index contributed by atoms with van der Waals surface area (Å²) in [5.41, 5.74) is 1.30. The summed E-state index contributed by atoms with van der Waals surface area (Å²) in [5, 5.41) is 2.65. The topological polar surface area (TPSA) is 103 Å². The summed E-state index contributed by atoms with van der Waals surface area (Å²) in [6.45, 7) is 5.68. The maximum atomic E-state index is 12.5. The average molecular weight is 499 g/mol. The van der Waals surface area contributed by atoms with Crippen LogP contribution >= 0.6 is 0 Å². The molecule has 9 nitrogen and oxygen atoms in total. The Morgan fingerprint density at radius 1 is 0.917 bits per heavy atom. The van der Waals surface area contributed by atoms with Gasteiger partial charge in [0.15, 0.2) is 24.7 Å². The van der Waals surface area contributed by atoms with Crippen molar-refractivity contribution in [1.82, 2.24) is 10.2 Å². The second-order valence-electron chi connectivity index (χ2n) is 8.42. The summed E-state index contributed by atoms with van der Waals surface area (Å²) in [6.07, 6.45) is 3.15. The van der Waals surface area contributed by atoms with E-state index in [9.17, 15) is 14.4 Å². The van der Waals surface area contributed by atoms with Gasteiger partial charge in [-0.3, -0.25) is 9.59 Å². The summed E-state index contributed by atoms with van der Waals surface area (Å²) >= 11 is 0. The zero-order valence-corrected chi connectivity index (χ0v) is 20.9. The van der Waals surface area contributed by atoms with Crippen LogP contribution in [0.4, 0.5) is 0 Å². The highest BCUT2D eigenvalue weighted by atomic mass is 16.5. The first-order valence-corrected chi connectivity index (χ1v) is 12.3. The van der Waals surface area contributed by atoms with Gasteiger partial charge >= 0.3 is 5.97 Å². The second-order valence-corrected chi connectivity index (χ2v) is 8.42. The first-order valence-electron chi connectivity index (χ1n) is 12.3. The molecule has 0 saturated carbocycles. The molecule has 2 aromatic carbocycles. The molecule has 194 valence electrons. The quantitative estimate of drug-likeness (QED) is 0.354. The molecular weight excluding hydrogens is 464 g/mol. The summed E-state index contributed by atoms with van der Waals surface area (Å²) in [7, 11) is 0. The normalized spacial score (nSPS) is 13.0. The standard InChI is InChI=1S/C27H34N2O7/c1-3-33-24-17-21(10-11-23(24)35-19-26(31)29-13-5-4-6-14-29)27(32)36-18-25(30)28-12-15-34-22-9-7-8-20(2)16-22/h7-11,16-17H,3-6,12-15,18-19H2,1-2H3,(H,28,30). The molecule has 1 aliphatic rings. The highest BCUT2D eigenvalue weighted by Gasteiger charge is 2.19. The Bertz CT molecular complexity index is 1030. The van der Waals surface area contributed by atoms with Gasteiger partial charge in [0.1, 0.15) is 12.4 Å². The molecule has 2 amide bonds. The molecule has 0 bridgehead atoms. The van der Waals surface area contributed by atoms with Crippen LogP contribution in [0.1, 0.15) is 42.1 Å². The van der Waals surface area contributed by atoms with Crippen LogP contribution in [0.15, 0.2) is 42.5 Å². The first kappa shape index (κ1) is 26.8. The molecule has 9 heteroatoms. The number of hydrogen-bond acceptors (Lipinski definition) is 7. The SMILES string of the molecule is CCOc1cc(C(=O)OCC(=O)NCCOc2cccc(C)c2)ccc1OCC(=O)N1CCCCC1. The fraction of sp³-hybridized carbons (Fsp3) is 0.444. The third kappa shape index (κ3) is 8.48. The molecule has 0 unspecified atom stereocenters. The molecule has 0 atom stereocenters. The lowest BCUT2D eigenvalue weighted by Gasteiger charge is -2.26. The van der Waals surface area contributed by atoms with Crippen LogP contribution in [-0.4, -0.2) is 68.7 Å². The van der Waals surface area contributed by atoms with E-state index in [1.54, 1.807) is 17.9 Å². The molecule has 2 aromatic rings. The number of amides is 2. The molecule has 1 N–H and O–H groups in total. The maximum Gasteiger partial charge on any atom is 0.338 e. The van der Waals surface area contributed by atoms with Crippen molar-refractivity contribution in [2.45, 2.75) is 33.1 Å². The van der Waals surface area contributed by atoms with Gasteiger partial charge in [0.05, 0.1) is 18.7 Å². The summed E-state index contributed by atoms with van der Waals surface area (Å²) in [5.74, 6) is 0.247. The van der Waals surface area contributed by atoms with Gasteiger partial charge in [-0.15, -0.1) is 0 Å². The van der Waals surface area contributed by atoms with Gasteiger partial charge in [-0.2, -0.15) is 0 Å². The van der Waals surface area contributed by atoms with Crippen molar-refractivity contribution >= 4 is 17.8 Å². The molecule has 0 aliphatic carbocycles. The minimum Gasteiger partial charge on any atom is -0.492 e. The zero-order valence-electron chi connectivity index (χ0n) is 20.9. The summed E-state index contributed by atoms with van der Waals surface area (Å²) in [4.78, 5) is 38.7. The number of benzene rings is 2. The lowest BCUT2D eigenvalue weighted by molar-refractivity contribution is -0.134. The lowest BCUT2D eigenvalue weighted by Crippen LogP contribution is -2.38. The zero-order chi connectivity index (χ0) is 25.8. The summed E-state index contributed by atoms with van der Waals surface area (Å²) in [6, 6.07) is 12.2. The van der Waals surface area contributed by atoms with E-state index >= 15 is 0 Å². The van der Waals surface area contributed by atoms with Gasteiger partial charge in [0.25, 0.3) is 11.8 Å². The number of rotatable bonds is 12. The molecule has 0 spiro atoms. The lowest BCUT2D eigenvalue weighted by atomic mass is 10.1. The van der Waals surface area contributed by atoms with E-state index in [-0.39, 0.29) is 24.6 Å². The fourth-order valence-electron chi connectivity index (χ4n) is 3.73. The van der Waals surface area contributed by atoms with Crippen molar-refractivity contribution in [2.75, 3.05) is 46.1 Å². The van der Waals surface area contributed by atoms with Crippen molar-refractivity contribution in [3.63, 3.8) is 0 Å². The third-order valence-corrected chi connectivity index (χ3v) is 5.56. The molecule has 0 radical (unpaired) electrons. The van der Waals surface area contributed by atoms with Gasteiger partial charge in [0, 0.05) is 13.1 Å². The molecule has 1 fully saturated rings. The highest BCUT2D eigenvalue weighted by molar-refractivity contribution is 5.92. The molecule has 36 heavy (non-hydrogen) atoms. The van der Waals surface area contributed by atoms with E-state index in [0.717, 1.165) is 43.7 Å². The highest BCUT2D eigenvalue weighted by Crippen LogP contribution is 2.29. The van der Waals surface area contributed by atoms with Gasteiger partial charge in [-0.1, -0.05) is 12.1 Å². The van der Waals surface area contributed by atoms with E-state index < -0.39 is 18.5 Å². The minimum absolute atomic E-state index is 0.0732. The largest absolute Gasteiger partial charge is 0.492 e. The Balaban J connectivity index is 1.44. The number of nitrogens with one attached hydrogen (secondary N) is 1. The van der Waals surface area contributed by atoms with Gasteiger partial charge in [0.2, 0.25) is 0 Å². The van der Waals surface area contributed by atoms with Crippen LogP contribution in [0.2, 0.25) is 0 Å². The van der Waals surface area contributed by atoms with E-state index in [4.69, 9.17) is 18.9 Å². The molecule has 0 aromatic heterocycles. The molecule has 1 saturated heterocycles. The number of ether oxygens (including phenoxy) is 4. The van der Waals surface area contributed by atoms with Gasteiger partial charge in [-0.05, 0) is 69.0 Å². The number of likely N-dealkylation sites (tertiary alicyclic amines) is 1. The average Bonchev–Trinajstić information content (AvgIpc) is 2.89. The third-order valence-electron chi connectivity index (χ3n) is 5.56. The minimum atomic E-state index is -0.668. The fourth-order valence-corrected chi connectivity index (χ4v) is 3.73.